The van der Waals surface area contributed by atoms with Gasteiger partial charge in [0.1, 0.15) is 5.82 Å². The van der Waals surface area contributed by atoms with E-state index < -0.39 is 0 Å². The zero-order valence-electron chi connectivity index (χ0n) is 9.53. The van der Waals surface area contributed by atoms with E-state index >= 15 is 0 Å². The number of aromatic nitrogens is 1. The molecule has 1 N–H and O–H groups in total. The van der Waals surface area contributed by atoms with Crippen molar-refractivity contribution in [2.75, 3.05) is 24.5 Å². The maximum atomic E-state index is 4.50. The van der Waals surface area contributed by atoms with Crippen LogP contribution in [0.5, 0.6) is 0 Å². The molecule has 1 saturated heterocycles. The third kappa shape index (κ3) is 2.12. The molecule has 0 aromatic carbocycles. The normalized spacial score (nSPS) is 16.1. The van der Waals surface area contributed by atoms with Crippen LogP contribution < -0.4 is 10.2 Å². The predicted octanol–water partition coefficient (Wildman–Crippen LogP) is 1.58. The van der Waals surface area contributed by atoms with Gasteiger partial charge in [-0.25, -0.2) is 4.98 Å². The highest BCUT2D eigenvalue weighted by Gasteiger charge is 2.25. The summed E-state index contributed by atoms with van der Waals surface area (Å²) < 4.78 is 0. The van der Waals surface area contributed by atoms with E-state index in [0.29, 0.717) is 6.04 Å². The zero-order valence-corrected chi connectivity index (χ0v) is 9.53. The maximum Gasteiger partial charge on any atom is 0.131 e. The van der Waals surface area contributed by atoms with Crippen LogP contribution in [0.2, 0.25) is 0 Å². The zero-order chi connectivity index (χ0) is 10.7. The lowest BCUT2D eigenvalue weighted by Gasteiger charge is -2.39. The molecule has 0 saturated carbocycles. The number of anilines is 1. The standard InChI is InChI=1S/C12H19N3/c1-3-7-15(11-8-13-9-11)12-10(2)5-4-6-14-12/h4-6,11,13H,3,7-9H2,1-2H3. The highest BCUT2D eigenvalue weighted by molar-refractivity contribution is 5.47. The molecule has 2 heterocycles. The first-order valence-corrected chi connectivity index (χ1v) is 5.72. The van der Waals surface area contributed by atoms with Gasteiger partial charge in [-0.3, -0.25) is 0 Å². The van der Waals surface area contributed by atoms with Gasteiger partial charge >= 0.3 is 0 Å². The van der Waals surface area contributed by atoms with Crippen LogP contribution >= 0.6 is 0 Å². The Morgan fingerprint density at radius 3 is 2.87 bits per heavy atom. The van der Waals surface area contributed by atoms with Crippen molar-refractivity contribution < 1.29 is 0 Å². The Morgan fingerprint density at radius 1 is 1.53 bits per heavy atom. The molecule has 3 nitrogen and oxygen atoms in total. The molecule has 1 aliphatic heterocycles. The Kier molecular flexibility index (Phi) is 3.21. The molecule has 0 spiro atoms. The lowest BCUT2D eigenvalue weighted by Crippen LogP contribution is -2.58. The van der Waals surface area contributed by atoms with Crippen LogP contribution in [0.3, 0.4) is 0 Å². The number of nitrogens with zero attached hydrogens (tertiary/aromatic N) is 2. The Hall–Kier alpha value is -1.09. The van der Waals surface area contributed by atoms with Crippen LogP contribution in [0.25, 0.3) is 0 Å². The van der Waals surface area contributed by atoms with E-state index in [2.05, 4.69) is 35.1 Å². The van der Waals surface area contributed by atoms with Crippen molar-refractivity contribution in [1.82, 2.24) is 10.3 Å². The highest BCUT2D eigenvalue weighted by Crippen LogP contribution is 2.20. The van der Waals surface area contributed by atoms with Gasteiger partial charge in [-0.2, -0.15) is 0 Å². The van der Waals surface area contributed by atoms with Gasteiger partial charge in [0.15, 0.2) is 0 Å². The Morgan fingerprint density at radius 2 is 2.33 bits per heavy atom. The molecular formula is C12H19N3. The molecule has 0 amide bonds. The molecule has 0 unspecified atom stereocenters. The Labute approximate surface area is 91.5 Å². The summed E-state index contributed by atoms with van der Waals surface area (Å²) in [6, 6.07) is 4.78. The van der Waals surface area contributed by atoms with Crippen LogP contribution in [0.4, 0.5) is 5.82 Å². The molecular weight excluding hydrogens is 186 g/mol. The van der Waals surface area contributed by atoms with Gasteiger partial charge in [0.2, 0.25) is 0 Å². The van der Waals surface area contributed by atoms with Crippen LogP contribution in [0.15, 0.2) is 18.3 Å². The first kappa shape index (κ1) is 10.4. The van der Waals surface area contributed by atoms with Crippen LogP contribution in [-0.4, -0.2) is 30.7 Å². The molecule has 15 heavy (non-hydrogen) atoms. The number of hydrogen-bond donors (Lipinski definition) is 1. The first-order chi connectivity index (χ1) is 7.33. The molecule has 0 bridgehead atoms. The monoisotopic (exact) mass is 205 g/mol. The summed E-state index contributed by atoms with van der Waals surface area (Å²) in [5.41, 5.74) is 1.28. The van der Waals surface area contributed by atoms with Crippen LogP contribution in [0.1, 0.15) is 18.9 Å². The lowest BCUT2D eigenvalue weighted by molar-refractivity contribution is 0.410. The van der Waals surface area contributed by atoms with Crippen molar-refractivity contribution in [2.24, 2.45) is 0 Å². The molecule has 0 aliphatic carbocycles. The van der Waals surface area contributed by atoms with Gasteiger partial charge in [0, 0.05) is 25.8 Å². The van der Waals surface area contributed by atoms with Crippen molar-refractivity contribution in [3.05, 3.63) is 23.9 Å². The molecule has 82 valence electrons. The molecule has 1 aromatic heterocycles. The smallest absolute Gasteiger partial charge is 0.131 e. The second kappa shape index (κ2) is 4.62. The summed E-state index contributed by atoms with van der Waals surface area (Å²) in [7, 11) is 0. The summed E-state index contributed by atoms with van der Waals surface area (Å²) in [5, 5.41) is 3.32. The molecule has 3 heteroatoms. The van der Waals surface area contributed by atoms with E-state index in [0.717, 1.165) is 25.5 Å². The third-order valence-corrected chi connectivity index (χ3v) is 2.92. The van der Waals surface area contributed by atoms with Gasteiger partial charge < -0.3 is 10.2 Å². The number of pyridine rings is 1. The maximum absolute atomic E-state index is 4.50. The van der Waals surface area contributed by atoms with Crippen molar-refractivity contribution >= 4 is 5.82 Å². The highest BCUT2D eigenvalue weighted by atomic mass is 15.3. The van der Waals surface area contributed by atoms with Gasteiger partial charge in [0.25, 0.3) is 0 Å². The van der Waals surface area contributed by atoms with Crippen molar-refractivity contribution in [1.29, 1.82) is 0 Å². The number of aryl methyl sites for hydroxylation is 1. The minimum Gasteiger partial charge on any atom is -0.351 e. The third-order valence-electron chi connectivity index (χ3n) is 2.92. The number of rotatable bonds is 4. The summed E-state index contributed by atoms with van der Waals surface area (Å²) >= 11 is 0. The molecule has 2 rings (SSSR count). The molecule has 1 aromatic rings. The van der Waals surface area contributed by atoms with Crippen molar-refractivity contribution in [3.8, 4) is 0 Å². The molecule has 1 fully saturated rings. The fourth-order valence-corrected chi connectivity index (χ4v) is 1.97. The van der Waals surface area contributed by atoms with Crippen LogP contribution in [-0.2, 0) is 0 Å². The number of hydrogen-bond acceptors (Lipinski definition) is 3. The minimum absolute atomic E-state index is 0.638. The summed E-state index contributed by atoms with van der Waals surface area (Å²) in [5.74, 6) is 1.16. The molecule has 1 aliphatic rings. The van der Waals surface area contributed by atoms with Crippen molar-refractivity contribution in [3.63, 3.8) is 0 Å². The fraction of sp³-hybridized carbons (Fsp3) is 0.583. The topological polar surface area (TPSA) is 28.2 Å². The summed E-state index contributed by atoms with van der Waals surface area (Å²) in [6.07, 6.45) is 3.06. The largest absolute Gasteiger partial charge is 0.351 e. The van der Waals surface area contributed by atoms with E-state index in [-0.39, 0.29) is 0 Å². The average molecular weight is 205 g/mol. The summed E-state index contributed by atoms with van der Waals surface area (Å²) in [6.45, 7) is 7.64. The van der Waals surface area contributed by atoms with E-state index in [1.807, 2.05) is 12.3 Å². The number of nitrogens with one attached hydrogen (secondary N) is 1. The predicted molar refractivity (Wildman–Crippen MR) is 63.3 cm³/mol. The average Bonchev–Trinajstić information content (AvgIpc) is 2.15. The second-order valence-corrected chi connectivity index (χ2v) is 4.15. The van der Waals surface area contributed by atoms with E-state index in [1.165, 1.54) is 12.0 Å². The van der Waals surface area contributed by atoms with Gasteiger partial charge in [-0.1, -0.05) is 13.0 Å². The van der Waals surface area contributed by atoms with E-state index in [9.17, 15) is 0 Å². The Bertz CT molecular complexity index is 320. The van der Waals surface area contributed by atoms with Gasteiger partial charge in [-0.15, -0.1) is 0 Å². The minimum atomic E-state index is 0.638. The van der Waals surface area contributed by atoms with Gasteiger partial charge in [-0.05, 0) is 25.0 Å². The van der Waals surface area contributed by atoms with Gasteiger partial charge in [0.05, 0.1) is 6.04 Å². The van der Waals surface area contributed by atoms with Crippen molar-refractivity contribution in [2.45, 2.75) is 26.3 Å². The van der Waals surface area contributed by atoms with E-state index in [1.54, 1.807) is 0 Å². The molecule has 0 atom stereocenters. The van der Waals surface area contributed by atoms with E-state index in [4.69, 9.17) is 0 Å². The fourth-order valence-electron chi connectivity index (χ4n) is 1.97. The Balaban J connectivity index is 2.19. The van der Waals surface area contributed by atoms with Crippen LogP contribution in [0, 0.1) is 6.92 Å². The quantitative estimate of drug-likeness (QED) is 0.809. The summed E-state index contributed by atoms with van der Waals surface area (Å²) in [4.78, 5) is 6.93. The second-order valence-electron chi connectivity index (χ2n) is 4.15. The molecule has 0 radical (unpaired) electrons. The first-order valence-electron chi connectivity index (χ1n) is 5.72. The SMILES string of the molecule is CCCN(c1ncccc1C)C1CNC1. The lowest BCUT2D eigenvalue weighted by atomic mass is 10.1.